The minimum atomic E-state index is -0.377. The van der Waals surface area contributed by atoms with Crippen molar-refractivity contribution >= 4 is 6.09 Å². The molecule has 0 aliphatic rings. The van der Waals surface area contributed by atoms with Crippen molar-refractivity contribution in [2.75, 3.05) is 7.11 Å². The van der Waals surface area contributed by atoms with E-state index in [-0.39, 0.29) is 6.09 Å². The first-order chi connectivity index (χ1) is 7.70. The van der Waals surface area contributed by atoms with Crippen LogP contribution in [-0.2, 0) is 4.74 Å². The number of aryl methyl sites for hydroxylation is 1. The van der Waals surface area contributed by atoms with Crippen molar-refractivity contribution in [3.8, 4) is 11.1 Å². The monoisotopic (exact) mass is 215 g/mol. The molecule has 82 valence electrons. The summed E-state index contributed by atoms with van der Waals surface area (Å²) in [5, 5.41) is 0. The highest BCUT2D eigenvalue weighted by molar-refractivity contribution is 5.74. The molecule has 2 aromatic rings. The van der Waals surface area contributed by atoms with Gasteiger partial charge >= 0.3 is 6.09 Å². The van der Waals surface area contributed by atoms with Crippen LogP contribution in [0, 0.1) is 6.92 Å². The number of nitrogens with zero attached hydrogens (tertiary/aromatic N) is 1. The summed E-state index contributed by atoms with van der Waals surface area (Å²) in [5.41, 5.74) is 3.31. The van der Waals surface area contributed by atoms with E-state index in [0.29, 0.717) is 0 Å². The molecule has 0 bridgehead atoms. The number of aromatic nitrogens is 1. The molecule has 2 rings (SSSR count). The van der Waals surface area contributed by atoms with Crippen LogP contribution < -0.4 is 0 Å². The average Bonchev–Trinajstić information content (AvgIpc) is 2.78. The van der Waals surface area contributed by atoms with Crippen molar-refractivity contribution in [2.24, 2.45) is 0 Å². The number of hydrogen-bond donors (Lipinski definition) is 0. The number of benzene rings is 1. The molecular formula is C13H13NO2. The first-order valence-corrected chi connectivity index (χ1v) is 5.04. The van der Waals surface area contributed by atoms with E-state index in [0.717, 1.165) is 11.1 Å². The summed E-state index contributed by atoms with van der Waals surface area (Å²) in [4.78, 5) is 11.3. The summed E-state index contributed by atoms with van der Waals surface area (Å²) >= 11 is 0. The van der Waals surface area contributed by atoms with Crippen molar-refractivity contribution < 1.29 is 9.53 Å². The summed E-state index contributed by atoms with van der Waals surface area (Å²) in [6, 6.07) is 10.1. The number of methoxy groups -OCH3 is 1. The molecule has 0 saturated carbocycles. The Morgan fingerprint density at radius 1 is 1.12 bits per heavy atom. The molecule has 0 N–H and O–H groups in total. The van der Waals surface area contributed by atoms with E-state index in [9.17, 15) is 4.79 Å². The van der Waals surface area contributed by atoms with Crippen LogP contribution in [0.25, 0.3) is 11.1 Å². The molecule has 0 fully saturated rings. The SMILES string of the molecule is COC(=O)n1ccc(-c2ccc(C)cc2)c1. The fourth-order valence-corrected chi connectivity index (χ4v) is 1.53. The molecule has 0 unspecified atom stereocenters. The fraction of sp³-hybridized carbons (Fsp3) is 0.154. The van der Waals surface area contributed by atoms with Crippen LogP contribution in [0.15, 0.2) is 42.7 Å². The maximum absolute atomic E-state index is 11.3. The van der Waals surface area contributed by atoms with Crippen LogP contribution in [0.3, 0.4) is 0 Å². The molecule has 0 spiro atoms. The van der Waals surface area contributed by atoms with Gasteiger partial charge in [-0.15, -0.1) is 0 Å². The molecule has 3 heteroatoms. The van der Waals surface area contributed by atoms with E-state index >= 15 is 0 Å². The highest BCUT2D eigenvalue weighted by atomic mass is 16.5. The topological polar surface area (TPSA) is 31.2 Å². The number of ether oxygens (including phenoxy) is 1. The number of carbonyl (C=O) groups excluding carboxylic acids is 1. The van der Waals surface area contributed by atoms with Gasteiger partial charge in [-0.1, -0.05) is 29.8 Å². The predicted molar refractivity (Wildman–Crippen MR) is 62.4 cm³/mol. The maximum atomic E-state index is 11.3. The highest BCUT2D eigenvalue weighted by Crippen LogP contribution is 2.20. The first kappa shape index (κ1) is 10.5. The Hall–Kier alpha value is -2.03. The molecule has 1 aromatic carbocycles. The van der Waals surface area contributed by atoms with Gasteiger partial charge in [-0.2, -0.15) is 0 Å². The minimum absolute atomic E-state index is 0.377. The standard InChI is InChI=1S/C13H13NO2/c1-10-3-5-11(6-4-10)12-7-8-14(9-12)13(15)16-2/h3-9H,1-2H3. The summed E-state index contributed by atoms with van der Waals surface area (Å²) in [6.45, 7) is 2.05. The first-order valence-electron chi connectivity index (χ1n) is 5.04. The number of hydrogen-bond acceptors (Lipinski definition) is 2. The third kappa shape index (κ3) is 1.98. The van der Waals surface area contributed by atoms with Gasteiger partial charge in [0.15, 0.2) is 0 Å². The van der Waals surface area contributed by atoms with Gasteiger partial charge in [-0.3, -0.25) is 4.57 Å². The van der Waals surface area contributed by atoms with Gasteiger partial charge in [0.25, 0.3) is 0 Å². The summed E-state index contributed by atoms with van der Waals surface area (Å²) in [5.74, 6) is 0. The lowest BCUT2D eigenvalue weighted by Crippen LogP contribution is -2.08. The molecule has 0 aliphatic carbocycles. The van der Waals surface area contributed by atoms with E-state index in [2.05, 4.69) is 4.74 Å². The van der Waals surface area contributed by atoms with Crippen molar-refractivity contribution in [1.29, 1.82) is 0 Å². The van der Waals surface area contributed by atoms with Crippen LogP contribution in [0.2, 0.25) is 0 Å². The molecule has 0 aliphatic heterocycles. The van der Waals surface area contributed by atoms with Gasteiger partial charge in [-0.25, -0.2) is 4.79 Å². The fourth-order valence-electron chi connectivity index (χ4n) is 1.53. The lowest BCUT2D eigenvalue weighted by Gasteiger charge is -1.99. The second-order valence-corrected chi connectivity index (χ2v) is 3.64. The van der Waals surface area contributed by atoms with Gasteiger partial charge in [0.1, 0.15) is 0 Å². The largest absolute Gasteiger partial charge is 0.452 e. The van der Waals surface area contributed by atoms with Crippen molar-refractivity contribution in [1.82, 2.24) is 4.57 Å². The van der Waals surface area contributed by atoms with E-state index in [1.54, 1.807) is 12.4 Å². The molecule has 1 aromatic heterocycles. The van der Waals surface area contributed by atoms with Gasteiger partial charge in [-0.05, 0) is 24.1 Å². The van der Waals surface area contributed by atoms with Gasteiger partial charge < -0.3 is 4.74 Å². The van der Waals surface area contributed by atoms with E-state index in [1.165, 1.54) is 17.2 Å². The lowest BCUT2D eigenvalue weighted by molar-refractivity contribution is 0.173. The lowest BCUT2D eigenvalue weighted by atomic mass is 10.1. The summed E-state index contributed by atoms with van der Waals surface area (Å²) in [6.07, 6.45) is 3.08. The predicted octanol–water partition coefficient (Wildman–Crippen LogP) is 3.08. The third-order valence-corrected chi connectivity index (χ3v) is 2.46. The Morgan fingerprint density at radius 3 is 2.44 bits per heavy atom. The second-order valence-electron chi connectivity index (χ2n) is 3.64. The zero-order valence-corrected chi connectivity index (χ0v) is 9.31. The Balaban J connectivity index is 2.31. The van der Waals surface area contributed by atoms with E-state index in [1.807, 2.05) is 37.3 Å². The Bertz CT molecular complexity index is 497. The maximum Gasteiger partial charge on any atom is 0.417 e. The average molecular weight is 215 g/mol. The Morgan fingerprint density at radius 2 is 1.81 bits per heavy atom. The van der Waals surface area contributed by atoms with Crippen LogP contribution in [0.5, 0.6) is 0 Å². The van der Waals surface area contributed by atoms with Gasteiger partial charge in [0.2, 0.25) is 0 Å². The van der Waals surface area contributed by atoms with Crippen LogP contribution in [-0.4, -0.2) is 17.8 Å². The zero-order valence-electron chi connectivity index (χ0n) is 9.31. The summed E-state index contributed by atoms with van der Waals surface area (Å²) < 4.78 is 6.05. The quantitative estimate of drug-likeness (QED) is 0.732. The molecule has 0 amide bonds. The molecule has 0 radical (unpaired) electrons. The van der Waals surface area contributed by atoms with Crippen LogP contribution in [0.4, 0.5) is 4.79 Å². The molecular weight excluding hydrogens is 202 g/mol. The molecule has 1 heterocycles. The minimum Gasteiger partial charge on any atom is -0.452 e. The second kappa shape index (κ2) is 4.23. The Labute approximate surface area is 94.3 Å². The normalized spacial score (nSPS) is 10.1. The van der Waals surface area contributed by atoms with Crippen LogP contribution >= 0.6 is 0 Å². The molecule has 16 heavy (non-hydrogen) atoms. The summed E-state index contributed by atoms with van der Waals surface area (Å²) in [7, 11) is 1.37. The molecule has 0 saturated heterocycles. The molecule has 0 atom stereocenters. The Kier molecular flexibility index (Phi) is 2.77. The van der Waals surface area contributed by atoms with Gasteiger partial charge in [0, 0.05) is 12.4 Å². The zero-order chi connectivity index (χ0) is 11.5. The van der Waals surface area contributed by atoms with Crippen molar-refractivity contribution in [3.05, 3.63) is 48.3 Å². The van der Waals surface area contributed by atoms with E-state index < -0.39 is 0 Å². The van der Waals surface area contributed by atoms with E-state index in [4.69, 9.17) is 0 Å². The van der Waals surface area contributed by atoms with Gasteiger partial charge in [0.05, 0.1) is 7.11 Å². The highest BCUT2D eigenvalue weighted by Gasteiger charge is 2.05. The third-order valence-electron chi connectivity index (χ3n) is 2.46. The van der Waals surface area contributed by atoms with Crippen LogP contribution in [0.1, 0.15) is 5.56 Å². The molecule has 3 nitrogen and oxygen atoms in total. The smallest absolute Gasteiger partial charge is 0.417 e. The van der Waals surface area contributed by atoms with Crippen molar-refractivity contribution in [2.45, 2.75) is 6.92 Å². The number of rotatable bonds is 1. The van der Waals surface area contributed by atoms with Crippen molar-refractivity contribution in [3.63, 3.8) is 0 Å². The number of carbonyl (C=O) groups is 1.